The topological polar surface area (TPSA) is 162 Å². The second kappa shape index (κ2) is 7.66. The van der Waals surface area contributed by atoms with Crippen LogP contribution in [0.4, 0.5) is 10.6 Å². The van der Waals surface area contributed by atoms with Gasteiger partial charge in [0.1, 0.15) is 5.82 Å². The number of H-pyrrole nitrogens is 1. The van der Waals surface area contributed by atoms with Gasteiger partial charge < -0.3 is 20.3 Å². The average molecular weight is 372 g/mol. The van der Waals surface area contributed by atoms with Gasteiger partial charge in [-0.2, -0.15) is 0 Å². The minimum Gasteiger partial charge on any atom is -0.479 e. The number of aliphatic hydroxyl groups excluding tert-OH is 1. The van der Waals surface area contributed by atoms with E-state index in [4.69, 9.17) is 4.74 Å². The number of ether oxygens (including phenoxy) is 1. The number of fused-ring (bicyclic) bond motifs is 1. The minimum atomic E-state index is -1.33. The molecule has 27 heavy (non-hydrogen) atoms. The van der Waals surface area contributed by atoms with Gasteiger partial charge in [-0.25, -0.2) is 14.6 Å². The van der Waals surface area contributed by atoms with Crippen LogP contribution < -0.4 is 15.4 Å². The Morgan fingerprint density at radius 2 is 2.19 bits per heavy atom. The molecule has 11 nitrogen and oxygen atoms in total. The lowest BCUT2D eigenvalue weighted by Crippen LogP contribution is -2.37. The van der Waals surface area contributed by atoms with Crippen molar-refractivity contribution >= 4 is 28.7 Å². The summed E-state index contributed by atoms with van der Waals surface area (Å²) in [6.07, 6.45) is 1.43. The number of aliphatic carboxylic acids is 1. The van der Waals surface area contributed by atoms with Crippen LogP contribution in [0.2, 0.25) is 0 Å². The molecular formula is C16H16N6O5. The first-order valence-electron chi connectivity index (χ1n) is 7.77. The van der Waals surface area contributed by atoms with Crippen LogP contribution in [0.1, 0.15) is 17.4 Å². The number of hydrogen-bond donors (Lipinski definition) is 5. The number of amides is 2. The molecule has 0 aliphatic carbocycles. The molecule has 3 aromatic rings. The van der Waals surface area contributed by atoms with Gasteiger partial charge in [0.2, 0.25) is 5.88 Å². The van der Waals surface area contributed by atoms with E-state index < -0.39 is 24.6 Å². The summed E-state index contributed by atoms with van der Waals surface area (Å²) in [5.74, 6) is -0.902. The van der Waals surface area contributed by atoms with E-state index in [1.54, 1.807) is 12.1 Å². The number of carboxylic acid groups (broad SMARTS) is 1. The van der Waals surface area contributed by atoms with E-state index in [0.717, 1.165) is 0 Å². The molecule has 0 aromatic carbocycles. The normalized spacial score (nSPS) is 11.8. The van der Waals surface area contributed by atoms with E-state index >= 15 is 0 Å². The fourth-order valence-corrected chi connectivity index (χ4v) is 2.51. The third kappa shape index (κ3) is 3.77. The zero-order valence-electron chi connectivity index (χ0n) is 14.1. The van der Waals surface area contributed by atoms with Gasteiger partial charge in [0, 0.05) is 12.3 Å². The van der Waals surface area contributed by atoms with Gasteiger partial charge in [0.15, 0.2) is 6.04 Å². The van der Waals surface area contributed by atoms with E-state index in [1.165, 1.54) is 25.4 Å². The number of carbonyl (C=O) groups is 2. The van der Waals surface area contributed by atoms with Crippen LogP contribution in [0.3, 0.4) is 0 Å². The van der Waals surface area contributed by atoms with Crippen LogP contribution in [0.5, 0.6) is 5.88 Å². The number of carbonyl (C=O) groups excluding carboxylic acids is 1. The molecule has 0 bridgehead atoms. The maximum absolute atomic E-state index is 12.2. The molecule has 3 aromatic heterocycles. The molecule has 140 valence electrons. The number of aliphatic hydroxyl groups is 1. The Labute approximate surface area is 152 Å². The number of anilines is 1. The van der Waals surface area contributed by atoms with Crippen LogP contribution in [-0.4, -0.2) is 49.5 Å². The largest absolute Gasteiger partial charge is 0.479 e. The lowest BCUT2D eigenvalue weighted by molar-refractivity contribution is -0.139. The molecule has 2 amide bonds. The Kier molecular flexibility index (Phi) is 5.13. The standard InChI is InChI=1S/C16H16N6O5/c1-27-14-12-9(21-22-14)6-11(18-10(12)7-23)19-16(26)20-13(15(24)25)8-4-2-3-5-17-8/h2-6,13,23H,7H2,1H3,(H,21,22)(H,24,25)(H2,18,19,20,26)/t13-/m1/s1. The summed E-state index contributed by atoms with van der Waals surface area (Å²) in [6.45, 7) is -0.408. The number of hydrogen-bond acceptors (Lipinski definition) is 7. The van der Waals surface area contributed by atoms with Crippen molar-refractivity contribution in [1.82, 2.24) is 25.5 Å². The second-order valence-electron chi connectivity index (χ2n) is 5.39. The maximum Gasteiger partial charge on any atom is 0.332 e. The quantitative estimate of drug-likeness (QED) is 0.424. The third-order valence-electron chi connectivity index (χ3n) is 3.68. The Hall–Kier alpha value is -3.73. The number of nitrogens with zero attached hydrogens (tertiary/aromatic N) is 3. The molecule has 11 heteroatoms. The van der Waals surface area contributed by atoms with Gasteiger partial charge in [0.25, 0.3) is 0 Å². The van der Waals surface area contributed by atoms with Crippen LogP contribution in [0.15, 0.2) is 30.5 Å². The number of urea groups is 1. The molecule has 0 aliphatic heterocycles. The first kappa shape index (κ1) is 18.1. The van der Waals surface area contributed by atoms with E-state index in [0.29, 0.717) is 10.9 Å². The summed E-state index contributed by atoms with van der Waals surface area (Å²) in [5, 5.41) is 30.8. The van der Waals surface area contributed by atoms with Gasteiger partial charge in [-0.3, -0.25) is 15.4 Å². The van der Waals surface area contributed by atoms with Crippen molar-refractivity contribution in [2.75, 3.05) is 12.4 Å². The van der Waals surface area contributed by atoms with E-state index in [1.807, 2.05) is 0 Å². The Balaban J connectivity index is 1.82. The molecule has 3 heterocycles. The van der Waals surface area contributed by atoms with E-state index in [2.05, 4.69) is 30.8 Å². The number of carboxylic acids is 1. The Morgan fingerprint density at radius 3 is 2.81 bits per heavy atom. The second-order valence-corrected chi connectivity index (χ2v) is 5.39. The molecule has 0 fully saturated rings. The number of aromatic amines is 1. The summed E-state index contributed by atoms with van der Waals surface area (Å²) in [7, 11) is 1.43. The van der Waals surface area contributed by atoms with Crippen molar-refractivity contribution in [3.63, 3.8) is 0 Å². The molecule has 0 aliphatic rings. The molecule has 0 unspecified atom stereocenters. The Morgan fingerprint density at radius 1 is 1.37 bits per heavy atom. The smallest absolute Gasteiger partial charge is 0.332 e. The van der Waals surface area contributed by atoms with Crippen LogP contribution in [0.25, 0.3) is 10.9 Å². The van der Waals surface area contributed by atoms with Gasteiger partial charge >= 0.3 is 12.0 Å². The lowest BCUT2D eigenvalue weighted by Gasteiger charge is -2.14. The highest BCUT2D eigenvalue weighted by molar-refractivity contribution is 5.94. The number of nitrogens with one attached hydrogen (secondary N) is 3. The molecule has 5 N–H and O–H groups in total. The number of rotatable bonds is 6. The predicted octanol–water partition coefficient (Wildman–Crippen LogP) is 0.801. The highest BCUT2D eigenvalue weighted by Crippen LogP contribution is 2.27. The number of pyridine rings is 2. The lowest BCUT2D eigenvalue weighted by atomic mass is 10.2. The zero-order valence-corrected chi connectivity index (χ0v) is 14.1. The van der Waals surface area contributed by atoms with E-state index in [9.17, 15) is 19.8 Å². The fourth-order valence-electron chi connectivity index (χ4n) is 2.51. The van der Waals surface area contributed by atoms with Crippen molar-refractivity contribution in [2.45, 2.75) is 12.6 Å². The molecular weight excluding hydrogens is 356 g/mol. The molecule has 0 radical (unpaired) electrons. The predicted molar refractivity (Wildman–Crippen MR) is 93.1 cm³/mol. The first-order chi connectivity index (χ1) is 13.0. The van der Waals surface area contributed by atoms with Gasteiger partial charge in [-0.1, -0.05) is 6.07 Å². The van der Waals surface area contributed by atoms with Crippen LogP contribution in [0, 0.1) is 0 Å². The highest BCUT2D eigenvalue weighted by atomic mass is 16.5. The molecule has 0 saturated heterocycles. The minimum absolute atomic E-state index is 0.0977. The van der Waals surface area contributed by atoms with Crippen molar-refractivity contribution < 1.29 is 24.5 Å². The fraction of sp³-hybridized carbons (Fsp3) is 0.188. The monoisotopic (exact) mass is 372 g/mol. The van der Waals surface area contributed by atoms with Crippen molar-refractivity contribution in [3.05, 3.63) is 41.9 Å². The van der Waals surface area contributed by atoms with Crippen LogP contribution in [-0.2, 0) is 11.4 Å². The molecule has 3 rings (SSSR count). The van der Waals surface area contributed by atoms with Crippen LogP contribution >= 0.6 is 0 Å². The first-order valence-corrected chi connectivity index (χ1v) is 7.77. The van der Waals surface area contributed by atoms with Crippen molar-refractivity contribution in [1.29, 1.82) is 0 Å². The zero-order chi connectivity index (χ0) is 19.4. The molecule has 0 saturated carbocycles. The van der Waals surface area contributed by atoms with Crippen molar-refractivity contribution in [2.24, 2.45) is 0 Å². The summed E-state index contributed by atoms with van der Waals surface area (Å²) in [4.78, 5) is 31.8. The summed E-state index contributed by atoms with van der Waals surface area (Å²) in [6, 6.07) is 4.10. The van der Waals surface area contributed by atoms with Gasteiger partial charge in [0.05, 0.1) is 36.0 Å². The molecule has 1 atom stereocenters. The third-order valence-corrected chi connectivity index (χ3v) is 3.68. The maximum atomic E-state index is 12.2. The summed E-state index contributed by atoms with van der Waals surface area (Å²) in [5.41, 5.74) is 0.909. The van der Waals surface area contributed by atoms with Gasteiger partial charge in [-0.15, -0.1) is 5.10 Å². The Bertz CT molecular complexity index is 974. The number of aromatic nitrogens is 4. The van der Waals surface area contributed by atoms with Gasteiger partial charge in [-0.05, 0) is 12.1 Å². The summed E-state index contributed by atoms with van der Waals surface area (Å²) < 4.78 is 5.09. The van der Waals surface area contributed by atoms with Crippen molar-refractivity contribution in [3.8, 4) is 5.88 Å². The number of methoxy groups -OCH3 is 1. The highest BCUT2D eigenvalue weighted by Gasteiger charge is 2.23. The molecule has 0 spiro atoms. The van der Waals surface area contributed by atoms with E-state index in [-0.39, 0.29) is 23.1 Å². The SMILES string of the molecule is COc1n[nH]c2cc(NC(=O)N[C@@H](C(=O)O)c3ccccn3)nc(CO)c12. The summed E-state index contributed by atoms with van der Waals surface area (Å²) >= 11 is 0. The average Bonchev–Trinajstić information content (AvgIpc) is 3.09.